The normalized spacial score (nSPS) is 10.1. The van der Waals surface area contributed by atoms with E-state index in [1.54, 1.807) is 0 Å². The molecule has 0 aromatic heterocycles. The molecule has 0 fully saturated rings. The van der Waals surface area contributed by atoms with Gasteiger partial charge in [0.25, 0.3) is 0 Å². The van der Waals surface area contributed by atoms with E-state index < -0.39 is 0 Å². The molecule has 0 atom stereocenters. The lowest BCUT2D eigenvalue weighted by molar-refractivity contribution is -0.469. The second-order valence-electron chi connectivity index (χ2n) is 10.8. The van der Waals surface area contributed by atoms with Crippen LogP contribution in [-0.2, 0) is 0 Å². The van der Waals surface area contributed by atoms with Crippen LogP contribution in [0.3, 0.4) is 0 Å². The molecule has 2 N–H and O–H groups in total. The molecule has 0 saturated carbocycles. The highest BCUT2D eigenvalue weighted by atomic mass is 15.4. The SMILES string of the molecule is CN(C)C(=Nc1cc(N=C(N(C)C)N(C)C)c(NC(N(C)C)=[N+](C)C)cc1NC(N(C)C)=[N+](C)C)N(C)C. The lowest BCUT2D eigenvalue weighted by atomic mass is 10.2. The summed E-state index contributed by atoms with van der Waals surface area (Å²) in [4.78, 5) is 22.2. The second-order valence-corrected chi connectivity index (χ2v) is 10.8. The first-order chi connectivity index (χ1) is 17.5. The molecular weight excluding hydrogens is 480 g/mol. The number of aliphatic imine (C=N–C) groups is 2. The topological polar surface area (TPSA) is 74.2 Å². The van der Waals surface area contributed by atoms with E-state index in [2.05, 4.69) is 16.7 Å². The van der Waals surface area contributed by atoms with Gasteiger partial charge in [-0.2, -0.15) is 0 Å². The molecule has 1 aromatic rings. The summed E-state index contributed by atoms with van der Waals surface area (Å²) in [5.74, 6) is 3.47. The van der Waals surface area contributed by atoms with E-state index in [1.165, 1.54) is 0 Å². The number of hydrogen-bond acceptors (Lipinski definition) is 2. The van der Waals surface area contributed by atoms with Crippen LogP contribution in [0.2, 0.25) is 0 Å². The fraction of sp³-hybridized carbons (Fsp3) is 0.615. The average Bonchev–Trinajstić information content (AvgIpc) is 2.76. The van der Waals surface area contributed by atoms with Crippen LogP contribution in [0.1, 0.15) is 0 Å². The average molecular weight is 533 g/mol. The Labute approximate surface area is 230 Å². The fourth-order valence-electron chi connectivity index (χ4n) is 3.87. The number of nitrogens with one attached hydrogen (secondary N) is 2. The Morgan fingerprint density at radius 1 is 0.500 bits per heavy atom. The monoisotopic (exact) mass is 532 g/mol. The van der Waals surface area contributed by atoms with Gasteiger partial charge in [0.15, 0.2) is 0 Å². The summed E-state index contributed by atoms with van der Waals surface area (Å²) in [6.45, 7) is 0. The summed E-state index contributed by atoms with van der Waals surface area (Å²) >= 11 is 0. The Morgan fingerprint density at radius 3 is 1.00 bits per heavy atom. The van der Waals surface area contributed by atoms with Gasteiger partial charge in [0, 0.05) is 62.4 Å². The highest BCUT2D eigenvalue weighted by Gasteiger charge is 2.23. The number of hydrogen-bond donors (Lipinski definition) is 2. The predicted molar refractivity (Wildman–Crippen MR) is 164 cm³/mol. The van der Waals surface area contributed by atoms with Gasteiger partial charge in [-0.1, -0.05) is 0 Å². The van der Waals surface area contributed by atoms with E-state index >= 15 is 0 Å². The molecule has 0 radical (unpaired) electrons. The molecule has 12 nitrogen and oxygen atoms in total. The maximum atomic E-state index is 5.08. The molecule has 0 saturated heterocycles. The van der Waals surface area contributed by atoms with Gasteiger partial charge >= 0.3 is 11.9 Å². The number of benzene rings is 1. The lowest BCUT2D eigenvalue weighted by Crippen LogP contribution is -2.37. The summed E-state index contributed by atoms with van der Waals surface area (Å²) in [5, 5.41) is 7.21. The third kappa shape index (κ3) is 8.70. The Kier molecular flexibility index (Phi) is 11.7. The van der Waals surface area contributed by atoms with E-state index in [0.29, 0.717) is 0 Å². The fourth-order valence-corrected chi connectivity index (χ4v) is 3.87. The zero-order valence-electron chi connectivity index (χ0n) is 26.6. The van der Waals surface area contributed by atoms with Crippen LogP contribution < -0.4 is 10.6 Å². The van der Waals surface area contributed by atoms with E-state index in [0.717, 1.165) is 46.6 Å². The van der Waals surface area contributed by atoms with Crippen molar-refractivity contribution < 1.29 is 9.15 Å². The third-order valence-electron chi connectivity index (χ3n) is 5.34. The van der Waals surface area contributed by atoms with E-state index in [4.69, 9.17) is 9.98 Å². The first kappa shape index (κ1) is 32.3. The molecule has 0 bridgehead atoms. The zero-order chi connectivity index (χ0) is 29.5. The molecule has 0 unspecified atom stereocenters. The van der Waals surface area contributed by atoms with Crippen molar-refractivity contribution >= 4 is 46.6 Å². The van der Waals surface area contributed by atoms with Crippen molar-refractivity contribution in [1.29, 1.82) is 0 Å². The molecule has 0 heterocycles. The minimum Gasteiger partial charge on any atom is -0.349 e. The van der Waals surface area contributed by atoms with Gasteiger partial charge in [-0.15, -0.1) is 0 Å². The standard InChI is InChI=1S/C26H50N12/c1-31(2)23(32(3)4)27-19-17-21(29-25(35(9)10)36(11)12)22(30-26(37(13)14)38(15)16)18-20(19)28-24(33(5)6)34(7)8/h17-18H,1-16H3/p+2. The van der Waals surface area contributed by atoms with Crippen LogP contribution in [0.5, 0.6) is 0 Å². The molecule has 214 valence electrons. The quantitative estimate of drug-likeness (QED) is 0.340. The minimum absolute atomic E-state index is 0.765. The summed E-state index contributed by atoms with van der Waals surface area (Å²) < 4.78 is 4.08. The van der Waals surface area contributed by atoms with Crippen molar-refractivity contribution in [2.75, 3.05) is 123 Å². The number of guanidine groups is 4. The smallest absolute Gasteiger partial charge is 0.349 e. The van der Waals surface area contributed by atoms with Gasteiger partial charge in [0.1, 0.15) is 22.7 Å². The van der Waals surface area contributed by atoms with E-state index in [9.17, 15) is 0 Å². The molecule has 0 aliphatic heterocycles. The van der Waals surface area contributed by atoms with Crippen LogP contribution >= 0.6 is 0 Å². The lowest BCUT2D eigenvalue weighted by Gasteiger charge is -2.24. The Morgan fingerprint density at radius 2 is 0.789 bits per heavy atom. The van der Waals surface area contributed by atoms with Gasteiger partial charge in [0.2, 0.25) is 11.9 Å². The summed E-state index contributed by atoms with van der Waals surface area (Å²) in [6, 6.07) is 4.10. The van der Waals surface area contributed by atoms with Crippen LogP contribution in [0.25, 0.3) is 0 Å². The Bertz CT molecular complexity index is 967. The van der Waals surface area contributed by atoms with Gasteiger partial charge in [-0.25, -0.2) is 20.6 Å². The molecule has 38 heavy (non-hydrogen) atoms. The van der Waals surface area contributed by atoms with Gasteiger partial charge in [-0.05, 0) is 6.07 Å². The molecule has 0 aliphatic rings. The predicted octanol–water partition coefficient (Wildman–Crippen LogP) is 1.11. The van der Waals surface area contributed by atoms with Crippen LogP contribution in [0.4, 0.5) is 22.7 Å². The van der Waals surface area contributed by atoms with Crippen molar-refractivity contribution in [3.63, 3.8) is 0 Å². The molecule has 12 heteroatoms. The number of anilines is 2. The first-order valence-electron chi connectivity index (χ1n) is 12.5. The van der Waals surface area contributed by atoms with Gasteiger partial charge < -0.3 is 19.6 Å². The molecule has 1 aromatic carbocycles. The Hall–Kier alpha value is -3.70. The van der Waals surface area contributed by atoms with Crippen molar-refractivity contribution in [2.45, 2.75) is 0 Å². The molecule has 0 amide bonds. The maximum Gasteiger partial charge on any atom is 0.352 e. The number of nitrogens with zero attached hydrogens (tertiary/aromatic N) is 10. The highest BCUT2D eigenvalue weighted by Crippen LogP contribution is 2.38. The van der Waals surface area contributed by atoms with Crippen LogP contribution in [0.15, 0.2) is 22.1 Å². The summed E-state index contributed by atoms with van der Waals surface area (Å²) in [5.41, 5.74) is 3.22. The first-order valence-corrected chi connectivity index (χ1v) is 12.5. The second kappa shape index (κ2) is 13.7. The zero-order valence-corrected chi connectivity index (χ0v) is 26.6. The Balaban J connectivity index is 4.18. The molecule has 0 spiro atoms. The summed E-state index contributed by atoms with van der Waals surface area (Å²) in [7, 11) is 32.0. The maximum absolute atomic E-state index is 5.08. The minimum atomic E-state index is 0.765. The van der Waals surface area contributed by atoms with Crippen molar-refractivity contribution in [3.05, 3.63) is 12.1 Å². The summed E-state index contributed by atoms with van der Waals surface area (Å²) in [6.07, 6.45) is 0. The number of rotatable bonds is 4. The van der Waals surface area contributed by atoms with Gasteiger partial charge in [0.05, 0.1) is 56.4 Å². The van der Waals surface area contributed by atoms with Crippen LogP contribution in [0, 0.1) is 0 Å². The molecular formula is C26H52N12+2. The largest absolute Gasteiger partial charge is 0.352 e. The van der Waals surface area contributed by atoms with Crippen molar-refractivity contribution in [3.8, 4) is 0 Å². The van der Waals surface area contributed by atoms with E-state index in [1.807, 2.05) is 157 Å². The van der Waals surface area contributed by atoms with E-state index in [-0.39, 0.29) is 0 Å². The van der Waals surface area contributed by atoms with Crippen LogP contribution in [-0.4, -0.2) is 175 Å². The van der Waals surface area contributed by atoms with Gasteiger partial charge in [-0.3, -0.25) is 19.0 Å². The molecule has 1 rings (SSSR count). The highest BCUT2D eigenvalue weighted by molar-refractivity contribution is 6.01. The van der Waals surface area contributed by atoms with Crippen molar-refractivity contribution in [2.24, 2.45) is 9.98 Å². The van der Waals surface area contributed by atoms with Crippen molar-refractivity contribution in [1.82, 2.24) is 29.4 Å². The third-order valence-corrected chi connectivity index (χ3v) is 5.34. The molecule has 0 aliphatic carbocycles.